The monoisotopic (exact) mass is 275 g/mol. The van der Waals surface area contributed by atoms with Gasteiger partial charge in [0.2, 0.25) is 5.91 Å². The molecule has 104 valence electrons. The average Bonchev–Trinajstić information content (AvgIpc) is 2.87. The Balaban J connectivity index is 2.05. The summed E-state index contributed by atoms with van der Waals surface area (Å²) in [6, 6.07) is 8.21. The van der Waals surface area contributed by atoms with E-state index in [0.29, 0.717) is 11.4 Å². The highest BCUT2D eigenvalue weighted by atomic mass is 16.5. The summed E-state index contributed by atoms with van der Waals surface area (Å²) in [6.07, 6.45) is 1.34. The molecule has 1 amide bonds. The number of nitrogens with one attached hydrogen (secondary N) is 1. The molecular formula is C13H13N3O4. The van der Waals surface area contributed by atoms with Crippen LogP contribution in [0, 0.1) is 0 Å². The van der Waals surface area contributed by atoms with Crippen LogP contribution in [-0.4, -0.2) is 33.9 Å². The minimum Gasteiger partial charge on any atom is -0.497 e. The van der Waals surface area contributed by atoms with Gasteiger partial charge < -0.3 is 15.2 Å². The number of hydrogen-bond acceptors (Lipinski definition) is 4. The van der Waals surface area contributed by atoms with Gasteiger partial charge in [-0.1, -0.05) is 6.07 Å². The van der Waals surface area contributed by atoms with Gasteiger partial charge in [0.05, 0.1) is 7.11 Å². The topological polar surface area (TPSA) is 93.5 Å². The van der Waals surface area contributed by atoms with E-state index in [2.05, 4.69) is 10.4 Å². The summed E-state index contributed by atoms with van der Waals surface area (Å²) in [6.45, 7) is -0.175. The molecule has 0 aliphatic carbocycles. The number of carbonyl (C=O) groups excluding carboxylic acids is 1. The Hall–Kier alpha value is -2.83. The lowest BCUT2D eigenvalue weighted by atomic mass is 10.3. The molecular weight excluding hydrogens is 262 g/mol. The number of ether oxygens (including phenoxy) is 1. The molecule has 0 bridgehead atoms. The summed E-state index contributed by atoms with van der Waals surface area (Å²) in [5.41, 5.74) is 0.532. The highest BCUT2D eigenvalue weighted by Gasteiger charge is 2.13. The van der Waals surface area contributed by atoms with Gasteiger partial charge in [-0.3, -0.25) is 4.79 Å². The lowest BCUT2D eigenvalue weighted by Crippen LogP contribution is -2.22. The van der Waals surface area contributed by atoms with Crippen LogP contribution in [0.1, 0.15) is 10.5 Å². The van der Waals surface area contributed by atoms with Crippen LogP contribution in [-0.2, 0) is 11.3 Å². The van der Waals surface area contributed by atoms with Crippen molar-refractivity contribution < 1.29 is 19.4 Å². The summed E-state index contributed by atoms with van der Waals surface area (Å²) in [7, 11) is 1.53. The highest BCUT2D eigenvalue weighted by molar-refractivity contribution is 5.92. The SMILES string of the molecule is COc1cccc(NC(=O)Cn2nccc2C(=O)O)c1. The zero-order chi connectivity index (χ0) is 14.5. The van der Waals surface area contributed by atoms with E-state index < -0.39 is 5.97 Å². The van der Waals surface area contributed by atoms with E-state index in [1.807, 2.05) is 0 Å². The first-order valence-electron chi connectivity index (χ1n) is 5.79. The van der Waals surface area contributed by atoms with Crippen molar-refractivity contribution in [2.45, 2.75) is 6.54 Å². The Kier molecular flexibility index (Phi) is 3.99. The molecule has 0 radical (unpaired) electrons. The molecule has 0 unspecified atom stereocenters. The molecule has 1 heterocycles. The third kappa shape index (κ3) is 3.14. The van der Waals surface area contributed by atoms with Crippen LogP contribution >= 0.6 is 0 Å². The van der Waals surface area contributed by atoms with E-state index in [4.69, 9.17) is 9.84 Å². The summed E-state index contributed by atoms with van der Waals surface area (Å²) in [5, 5.41) is 15.4. The molecule has 2 N–H and O–H groups in total. The van der Waals surface area contributed by atoms with Gasteiger partial charge in [0.1, 0.15) is 18.0 Å². The first-order chi connectivity index (χ1) is 9.60. The van der Waals surface area contributed by atoms with Gasteiger partial charge in [0, 0.05) is 18.0 Å². The molecule has 2 aromatic rings. The molecule has 0 saturated heterocycles. The van der Waals surface area contributed by atoms with Gasteiger partial charge in [-0.25, -0.2) is 9.48 Å². The predicted octanol–water partition coefficient (Wildman–Crippen LogP) is 1.23. The second-order valence-corrected chi connectivity index (χ2v) is 3.96. The van der Waals surface area contributed by atoms with Crippen LogP contribution in [0.4, 0.5) is 5.69 Å². The molecule has 0 aliphatic heterocycles. The number of aromatic nitrogens is 2. The quantitative estimate of drug-likeness (QED) is 0.856. The van der Waals surface area contributed by atoms with Gasteiger partial charge in [-0.2, -0.15) is 5.10 Å². The van der Waals surface area contributed by atoms with Gasteiger partial charge >= 0.3 is 5.97 Å². The number of carbonyl (C=O) groups is 2. The number of aromatic carboxylic acids is 1. The standard InChI is InChI=1S/C13H13N3O4/c1-20-10-4-2-3-9(7-10)15-12(17)8-16-11(13(18)19)5-6-14-16/h2-7H,8H2,1H3,(H,15,17)(H,18,19). The summed E-state index contributed by atoms with van der Waals surface area (Å²) in [4.78, 5) is 22.7. The van der Waals surface area contributed by atoms with E-state index in [1.165, 1.54) is 19.4 Å². The van der Waals surface area contributed by atoms with Crippen LogP contribution in [0.3, 0.4) is 0 Å². The van der Waals surface area contributed by atoms with E-state index >= 15 is 0 Å². The van der Waals surface area contributed by atoms with Crippen LogP contribution < -0.4 is 10.1 Å². The van der Waals surface area contributed by atoms with E-state index in [9.17, 15) is 9.59 Å². The Bertz CT molecular complexity index is 636. The van der Waals surface area contributed by atoms with Gasteiger partial charge in [0.15, 0.2) is 0 Å². The smallest absolute Gasteiger partial charge is 0.354 e. The fourth-order valence-corrected chi connectivity index (χ4v) is 1.68. The normalized spacial score (nSPS) is 10.1. The first kappa shape index (κ1) is 13.6. The molecule has 20 heavy (non-hydrogen) atoms. The minimum absolute atomic E-state index is 0.0363. The van der Waals surface area contributed by atoms with Crippen LogP contribution in [0.25, 0.3) is 0 Å². The zero-order valence-electron chi connectivity index (χ0n) is 10.7. The molecule has 7 nitrogen and oxygen atoms in total. The lowest BCUT2D eigenvalue weighted by Gasteiger charge is -2.08. The molecule has 0 atom stereocenters. The van der Waals surface area contributed by atoms with Crippen molar-refractivity contribution in [2.24, 2.45) is 0 Å². The molecule has 2 rings (SSSR count). The molecule has 1 aromatic heterocycles. The van der Waals surface area contributed by atoms with Crippen molar-refractivity contribution in [3.63, 3.8) is 0 Å². The number of anilines is 1. The number of carboxylic acid groups (broad SMARTS) is 1. The number of rotatable bonds is 5. The Morgan fingerprint density at radius 3 is 2.90 bits per heavy atom. The van der Waals surface area contributed by atoms with Crippen molar-refractivity contribution in [1.29, 1.82) is 0 Å². The van der Waals surface area contributed by atoms with Crippen LogP contribution in [0.2, 0.25) is 0 Å². The van der Waals surface area contributed by atoms with Crippen molar-refractivity contribution in [1.82, 2.24) is 9.78 Å². The third-order valence-electron chi connectivity index (χ3n) is 2.58. The Morgan fingerprint density at radius 2 is 2.20 bits per heavy atom. The van der Waals surface area contributed by atoms with Gasteiger partial charge in [-0.15, -0.1) is 0 Å². The number of amides is 1. The Morgan fingerprint density at radius 1 is 1.40 bits per heavy atom. The fraction of sp³-hybridized carbons (Fsp3) is 0.154. The minimum atomic E-state index is -1.13. The van der Waals surface area contributed by atoms with Gasteiger partial charge in [0.25, 0.3) is 0 Å². The second kappa shape index (κ2) is 5.87. The summed E-state index contributed by atoms with van der Waals surface area (Å²) >= 11 is 0. The molecule has 7 heteroatoms. The second-order valence-electron chi connectivity index (χ2n) is 3.96. The molecule has 0 aliphatic rings. The Labute approximate surface area is 114 Å². The molecule has 1 aromatic carbocycles. The molecule has 0 spiro atoms. The highest BCUT2D eigenvalue weighted by Crippen LogP contribution is 2.16. The molecule has 0 saturated carbocycles. The van der Waals surface area contributed by atoms with Crippen molar-refractivity contribution in [2.75, 3.05) is 12.4 Å². The maximum absolute atomic E-state index is 11.8. The van der Waals surface area contributed by atoms with E-state index in [1.54, 1.807) is 24.3 Å². The number of carboxylic acids is 1. The van der Waals surface area contributed by atoms with Crippen molar-refractivity contribution in [3.8, 4) is 5.75 Å². The number of benzene rings is 1. The number of hydrogen-bond donors (Lipinski definition) is 2. The molecule has 0 fully saturated rings. The van der Waals surface area contributed by atoms with Crippen LogP contribution in [0.15, 0.2) is 36.5 Å². The maximum Gasteiger partial charge on any atom is 0.354 e. The summed E-state index contributed by atoms with van der Waals surface area (Å²) < 4.78 is 6.17. The van der Waals surface area contributed by atoms with Crippen molar-refractivity contribution in [3.05, 3.63) is 42.2 Å². The first-order valence-corrected chi connectivity index (χ1v) is 5.79. The van der Waals surface area contributed by atoms with Gasteiger partial charge in [-0.05, 0) is 18.2 Å². The lowest BCUT2D eigenvalue weighted by molar-refractivity contribution is -0.116. The van der Waals surface area contributed by atoms with Crippen LogP contribution in [0.5, 0.6) is 5.75 Å². The third-order valence-corrected chi connectivity index (χ3v) is 2.58. The predicted molar refractivity (Wildman–Crippen MR) is 70.8 cm³/mol. The maximum atomic E-state index is 11.8. The zero-order valence-corrected chi connectivity index (χ0v) is 10.7. The number of methoxy groups -OCH3 is 1. The van der Waals surface area contributed by atoms with E-state index in [0.717, 1.165) is 4.68 Å². The fourth-order valence-electron chi connectivity index (χ4n) is 1.68. The van der Waals surface area contributed by atoms with Crippen molar-refractivity contribution >= 4 is 17.6 Å². The number of nitrogens with zero attached hydrogens (tertiary/aromatic N) is 2. The van der Waals surface area contributed by atoms with E-state index in [-0.39, 0.29) is 18.1 Å². The average molecular weight is 275 g/mol. The summed E-state index contributed by atoms with van der Waals surface area (Å²) in [5.74, 6) is -0.880. The largest absolute Gasteiger partial charge is 0.497 e.